The number of benzene rings is 1. The van der Waals surface area contributed by atoms with Crippen molar-refractivity contribution in [2.45, 2.75) is 24.9 Å². The van der Waals surface area contributed by atoms with E-state index in [1.807, 2.05) is 0 Å². The largest absolute Gasteiger partial charge is 0.416 e. The molecule has 0 fully saturated rings. The van der Waals surface area contributed by atoms with Crippen LogP contribution in [0.15, 0.2) is 23.1 Å². The van der Waals surface area contributed by atoms with Crippen LogP contribution in [0.1, 0.15) is 19.4 Å². The Labute approximate surface area is 127 Å². The molecule has 9 heteroatoms. The van der Waals surface area contributed by atoms with Gasteiger partial charge in [0, 0.05) is 13.6 Å². The Hall–Kier alpha value is -1.19. The normalized spacial score (nSPS) is 13.7. The molecule has 1 rings (SSSR count). The second-order valence-electron chi connectivity index (χ2n) is 5.77. The molecule has 0 aliphatic carbocycles. The third kappa shape index (κ3) is 4.17. The zero-order valence-corrected chi connectivity index (χ0v) is 13.2. The Morgan fingerprint density at radius 2 is 1.77 bits per heavy atom. The Bertz CT molecular complexity index is 642. The summed E-state index contributed by atoms with van der Waals surface area (Å²) in [6.45, 7) is 3.50. The van der Waals surface area contributed by atoms with Gasteiger partial charge < -0.3 is 5.73 Å². The first-order valence-electron chi connectivity index (χ1n) is 6.34. The average molecular weight is 342 g/mol. The highest BCUT2D eigenvalue weighted by Gasteiger charge is 2.35. The Balaban J connectivity index is 3.28. The number of nitrogens with two attached hydrogens (primary N) is 1. The monoisotopic (exact) mass is 342 g/mol. The van der Waals surface area contributed by atoms with Gasteiger partial charge in [-0.15, -0.1) is 0 Å². The van der Waals surface area contributed by atoms with Crippen molar-refractivity contribution in [3.05, 3.63) is 29.6 Å². The van der Waals surface area contributed by atoms with Crippen LogP contribution in [-0.2, 0) is 16.2 Å². The highest BCUT2D eigenvalue weighted by molar-refractivity contribution is 7.89. The fourth-order valence-corrected chi connectivity index (χ4v) is 3.24. The molecule has 0 radical (unpaired) electrons. The Morgan fingerprint density at radius 1 is 1.23 bits per heavy atom. The van der Waals surface area contributed by atoms with Gasteiger partial charge in [0.25, 0.3) is 0 Å². The van der Waals surface area contributed by atoms with Gasteiger partial charge in [0.1, 0.15) is 10.7 Å². The fraction of sp³-hybridized carbons (Fsp3) is 0.538. The van der Waals surface area contributed by atoms with Crippen LogP contribution >= 0.6 is 0 Å². The molecule has 1 aromatic rings. The van der Waals surface area contributed by atoms with E-state index >= 15 is 0 Å². The maximum absolute atomic E-state index is 13.7. The van der Waals surface area contributed by atoms with Crippen molar-refractivity contribution in [2.75, 3.05) is 20.1 Å². The number of rotatable bonds is 5. The van der Waals surface area contributed by atoms with Gasteiger partial charge >= 0.3 is 6.18 Å². The van der Waals surface area contributed by atoms with E-state index in [1.54, 1.807) is 13.8 Å². The number of nitrogens with zero attached hydrogens (tertiary/aromatic N) is 1. The van der Waals surface area contributed by atoms with Crippen molar-refractivity contribution in [1.29, 1.82) is 0 Å². The number of halogens is 4. The van der Waals surface area contributed by atoms with Crippen molar-refractivity contribution in [1.82, 2.24) is 4.31 Å². The summed E-state index contributed by atoms with van der Waals surface area (Å²) in [5.41, 5.74) is 3.68. The minimum Gasteiger partial charge on any atom is -0.330 e. The second-order valence-corrected chi connectivity index (χ2v) is 7.79. The molecule has 0 aliphatic rings. The SMILES string of the molecule is CN(CC(C)(C)CN)S(=O)(=O)c1cc(C(F)(F)F)ccc1F. The third-order valence-corrected chi connectivity index (χ3v) is 4.97. The van der Waals surface area contributed by atoms with Crippen LogP contribution in [0.25, 0.3) is 0 Å². The smallest absolute Gasteiger partial charge is 0.330 e. The lowest BCUT2D eigenvalue weighted by Gasteiger charge is -2.28. The van der Waals surface area contributed by atoms with E-state index in [1.165, 1.54) is 7.05 Å². The quantitative estimate of drug-likeness (QED) is 0.836. The highest BCUT2D eigenvalue weighted by Crippen LogP contribution is 2.32. The summed E-state index contributed by atoms with van der Waals surface area (Å²) in [5, 5.41) is 0. The van der Waals surface area contributed by atoms with Crippen molar-refractivity contribution >= 4 is 10.0 Å². The first kappa shape index (κ1) is 18.9. The lowest BCUT2D eigenvalue weighted by atomic mass is 9.94. The fourth-order valence-electron chi connectivity index (χ4n) is 1.80. The molecule has 1 aromatic carbocycles. The molecule has 0 spiro atoms. The van der Waals surface area contributed by atoms with Gasteiger partial charge in [-0.05, 0) is 30.2 Å². The van der Waals surface area contributed by atoms with E-state index < -0.39 is 37.9 Å². The van der Waals surface area contributed by atoms with Gasteiger partial charge in [0.2, 0.25) is 10.0 Å². The van der Waals surface area contributed by atoms with Gasteiger partial charge in [0.05, 0.1) is 5.56 Å². The second kappa shape index (κ2) is 6.13. The van der Waals surface area contributed by atoms with E-state index in [4.69, 9.17) is 5.73 Å². The van der Waals surface area contributed by atoms with Crippen LogP contribution in [0.4, 0.5) is 17.6 Å². The van der Waals surface area contributed by atoms with Crippen LogP contribution < -0.4 is 5.73 Å². The zero-order chi connectivity index (χ0) is 17.3. The topological polar surface area (TPSA) is 63.4 Å². The predicted molar refractivity (Wildman–Crippen MR) is 74.1 cm³/mol. The Morgan fingerprint density at radius 3 is 2.23 bits per heavy atom. The predicted octanol–water partition coefficient (Wildman–Crippen LogP) is 2.45. The molecule has 0 amide bonds. The minimum absolute atomic E-state index is 0.0540. The van der Waals surface area contributed by atoms with E-state index in [0.29, 0.717) is 18.2 Å². The summed E-state index contributed by atoms with van der Waals surface area (Å²) in [6, 6.07) is 1.30. The molecule has 126 valence electrons. The lowest BCUT2D eigenvalue weighted by Crippen LogP contribution is -2.40. The van der Waals surface area contributed by atoms with E-state index in [-0.39, 0.29) is 13.1 Å². The van der Waals surface area contributed by atoms with Crippen molar-refractivity contribution in [3.63, 3.8) is 0 Å². The third-order valence-electron chi connectivity index (χ3n) is 3.15. The lowest BCUT2D eigenvalue weighted by molar-refractivity contribution is -0.137. The van der Waals surface area contributed by atoms with Crippen LogP contribution in [0, 0.1) is 11.2 Å². The summed E-state index contributed by atoms with van der Waals surface area (Å²) >= 11 is 0. The molecule has 4 nitrogen and oxygen atoms in total. The van der Waals surface area contributed by atoms with Crippen LogP contribution in [0.3, 0.4) is 0 Å². The summed E-state index contributed by atoms with van der Waals surface area (Å²) < 4.78 is 77.1. The van der Waals surface area contributed by atoms with Gasteiger partial charge in [-0.25, -0.2) is 17.1 Å². The van der Waals surface area contributed by atoms with Crippen LogP contribution in [-0.4, -0.2) is 32.9 Å². The molecule has 0 aromatic heterocycles. The highest BCUT2D eigenvalue weighted by atomic mass is 32.2. The summed E-state index contributed by atoms with van der Waals surface area (Å²) in [5.74, 6) is -1.23. The zero-order valence-electron chi connectivity index (χ0n) is 12.4. The van der Waals surface area contributed by atoms with Crippen LogP contribution in [0.5, 0.6) is 0 Å². The van der Waals surface area contributed by atoms with Crippen LogP contribution in [0.2, 0.25) is 0 Å². The molecule has 22 heavy (non-hydrogen) atoms. The molecule has 0 heterocycles. The van der Waals surface area contributed by atoms with E-state index in [0.717, 1.165) is 4.31 Å². The summed E-state index contributed by atoms with van der Waals surface area (Å²) in [7, 11) is -3.22. The van der Waals surface area contributed by atoms with Gasteiger partial charge in [-0.1, -0.05) is 13.8 Å². The number of hydrogen-bond donors (Lipinski definition) is 1. The first-order chi connectivity index (χ1) is 9.81. The minimum atomic E-state index is -4.76. The van der Waals surface area contributed by atoms with Gasteiger partial charge in [-0.2, -0.15) is 13.2 Å². The number of sulfonamides is 1. The summed E-state index contributed by atoms with van der Waals surface area (Å²) in [4.78, 5) is -1.00. The van der Waals surface area contributed by atoms with Crippen molar-refractivity contribution in [2.24, 2.45) is 11.1 Å². The molecule has 0 atom stereocenters. The molecule has 0 aliphatic heterocycles. The molecular formula is C13H18F4N2O2S. The van der Waals surface area contributed by atoms with Crippen molar-refractivity contribution in [3.8, 4) is 0 Å². The van der Waals surface area contributed by atoms with E-state index in [2.05, 4.69) is 0 Å². The molecule has 0 bridgehead atoms. The molecule has 2 N–H and O–H groups in total. The Kier molecular flexibility index (Phi) is 5.26. The molecular weight excluding hydrogens is 324 g/mol. The molecule has 0 unspecified atom stereocenters. The van der Waals surface area contributed by atoms with E-state index in [9.17, 15) is 26.0 Å². The molecule has 0 saturated carbocycles. The van der Waals surface area contributed by atoms with Gasteiger partial charge in [0.15, 0.2) is 0 Å². The standard InChI is InChI=1S/C13H18F4N2O2S/c1-12(2,7-18)8-19(3)22(20,21)11-6-9(13(15,16)17)4-5-10(11)14/h4-6H,7-8,18H2,1-3H3. The summed E-state index contributed by atoms with van der Waals surface area (Å²) in [6.07, 6.45) is -4.76. The number of alkyl halides is 3. The van der Waals surface area contributed by atoms with Gasteiger partial charge in [-0.3, -0.25) is 0 Å². The first-order valence-corrected chi connectivity index (χ1v) is 7.78. The average Bonchev–Trinajstić information content (AvgIpc) is 2.37. The van der Waals surface area contributed by atoms with Crippen molar-refractivity contribution < 1.29 is 26.0 Å². The number of hydrogen-bond acceptors (Lipinski definition) is 3. The maximum atomic E-state index is 13.7. The molecule has 0 saturated heterocycles. The maximum Gasteiger partial charge on any atom is 0.416 e.